The molecule has 0 bridgehead atoms. The van der Waals surface area contributed by atoms with E-state index in [4.69, 9.17) is 11.5 Å². The van der Waals surface area contributed by atoms with Gasteiger partial charge in [-0.1, -0.05) is 0 Å². The third kappa shape index (κ3) is 2.82. The average molecular weight is 303 g/mol. The van der Waals surface area contributed by atoms with E-state index in [-0.39, 0.29) is 11.8 Å². The van der Waals surface area contributed by atoms with Gasteiger partial charge in [-0.2, -0.15) is 0 Å². The molecule has 6 N–H and O–H groups in total. The number of pyridine rings is 1. The molecule has 0 atom stereocenters. The van der Waals surface area contributed by atoms with Gasteiger partial charge in [-0.05, 0) is 37.8 Å². The predicted molar refractivity (Wildman–Crippen MR) is 80.8 cm³/mol. The summed E-state index contributed by atoms with van der Waals surface area (Å²) < 4.78 is 0. The van der Waals surface area contributed by atoms with Gasteiger partial charge in [0.1, 0.15) is 0 Å². The number of hydrogen-bond donors (Lipinski definition) is 4. The lowest BCUT2D eigenvalue weighted by Gasteiger charge is -2.19. The van der Waals surface area contributed by atoms with Crippen LogP contribution in [0.25, 0.3) is 0 Å². The summed E-state index contributed by atoms with van der Waals surface area (Å²) in [6.07, 6.45) is 4.70. The first-order valence-corrected chi connectivity index (χ1v) is 7.55. The largest absolute Gasteiger partial charge is 0.351 e. The number of carbonyl (C=O) groups is 2. The van der Waals surface area contributed by atoms with Crippen molar-refractivity contribution in [2.24, 2.45) is 11.5 Å². The lowest BCUT2D eigenvalue weighted by Crippen LogP contribution is -2.47. The minimum atomic E-state index is -0.683. The molecule has 1 heterocycles. The Labute approximate surface area is 128 Å². The van der Waals surface area contributed by atoms with Crippen LogP contribution in [0.5, 0.6) is 0 Å². The topological polar surface area (TPSA) is 123 Å². The van der Waals surface area contributed by atoms with Crippen molar-refractivity contribution in [1.82, 2.24) is 15.6 Å². The van der Waals surface area contributed by atoms with Crippen LogP contribution in [0, 0.1) is 0 Å². The molecule has 7 nitrogen and oxygen atoms in total. The van der Waals surface area contributed by atoms with Crippen LogP contribution in [-0.4, -0.2) is 35.4 Å². The van der Waals surface area contributed by atoms with Crippen LogP contribution >= 0.6 is 0 Å². The maximum Gasteiger partial charge on any atom is 0.252 e. The zero-order chi connectivity index (χ0) is 15.8. The fourth-order valence-electron chi connectivity index (χ4n) is 2.37. The van der Waals surface area contributed by atoms with Crippen LogP contribution in [0.2, 0.25) is 0 Å². The number of hydrogen-bond acceptors (Lipinski definition) is 5. The van der Waals surface area contributed by atoms with E-state index in [1.54, 1.807) is 12.1 Å². The maximum atomic E-state index is 12.1. The number of nitrogens with zero attached hydrogens (tertiary/aromatic N) is 1. The lowest BCUT2D eigenvalue weighted by atomic mass is 10.1. The van der Waals surface area contributed by atoms with E-state index in [1.165, 1.54) is 6.20 Å². The predicted octanol–water partition coefficient (Wildman–Crippen LogP) is -0.633. The second-order valence-corrected chi connectivity index (χ2v) is 6.17. The Morgan fingerprint density at radius 1 is 1.23 bits per heavy atom. The highest BCUT2D eigenvalue weighted by Crippen LogP contribution is 2.46. The highest BCUT2D eigenvalue weighted by atomic mass is 16.2. The van der Waals surface area contributed by atoms with Gasteiger partial charge >= 0.3 is 0 Å². The van der Waals surface area contributed by atoms with E-state index < -0.39 is 11.1 Å². The molecule has 0 unspecified atom stereocenters. The minimum Gasteiger partial charge on any atom is -0.351 e. The van der Waals surface area contributed by atoms with Crippen molar-refractivity contribution in [3.63, 3.8) is 0 Å². The van der Waals surface area contributed by atoms with Gasteiger partial charge in [-0.15, -0.1) is 0 Å². The molecule has 2 saturated carbocycles. The molecule has 0 saturated heterocycles. The van der Waals surface area contributed by atoms with Crippen molar-refractivity contribution in [1.29, 1.82) is 0 Å². The average Bonchev–Trinajstić information content (AvgIpc) is 3.44. The fraction of sp³-hybridized carbons (Fsp3) is 0.533. The molecular formula is C15H21N5O2. The number of nitrogens with one attached hydrogen (secondary N) is 2. The first-order chi connectivity index (χ1) is 10.5. The van der Waals surface area contributed by atoms with Crippen molar-refractivity contribution >= 4 is 11.8 Å². The van der Waals surface area contributed by atoms with Gasteiger partial charge in [0.2, 0.25) is 5.91 Å². The normalized spacial score (nSPS) is 20.1. The number of amides is 2. The molecule has 1 aromatic rings. The zero-order valence-corrected chi connectivity index (χ0v) is 12.4. The van der Waals surface area contributed by atoms with Crippen LogP contribution < -0.4 is 22.1 Å². The van der Waals surface area contributed by atoms with E-state index in [9.17, 15) is 9.59 Å². The van der Waals surface area contributed by atoms with Crippen LogP contribution in [0.1, 0.15) is 41.7 Å². The van der Waals surface area contributed by atoms with Gasteiger partial charge in [0, 0.05) is 19.3 Å². The van der Waals surface area contributed by atoms with E-state index >= 15 is 0 Å². The molecule has 3 rings (SSSR count). The lowest BCUT2D eigenvalue weighted by molar-refractivity contribution is -0.124. The molecule has 22 heavy (non-hydrogen) atoms. The molecule has 0 aromatic carbocycles. The molecule has 7 heteroatoms. The van der Waals surface area contributed by atoms with E-state index in [2.05, 4.69) is 15.6 Å². The van der Waals surface area contributed by atoms with Crippen molar-refractivity contribution in [2.45, 2.75) is 36.8 Å². The second-order valence-electron chi connectivity index (χ2n) is 6.17. The Morgan fingerprint density at radius 3 is 2.45 bits per heavy atom. The van der Waals surface area contributed by atoms with E-state index in [0.29, 0.717) is 18.7 Å². The van der Waals surface area contributed by atoms with Crippen LogP contribution in [0.4, 0.5) is 0 Å². The summed E-state index contributed by atoms with van der Waals surface area (Å²) in [6.45, 7) is 0.826. The van der Waals surface area contributed by atoms with Crippen molar-refractivity contribution in [2.75, 3.05) is 13.1 Å². The number of carbonyl (C=O) groups excluding carboxylic acids is 2. The standard InChI is InChI=1S/C15H21N5O2/c16-7-8-18-12(21)10-1-2-11(19-9-10)15(5-6-15)20-13(22)14(17)3-4-14/h1-2,9H,3-8,16-17H2,(H,18,21)(H,20,22). The van der Waals surface area contributed by atoms with Crippen molar-refractivity contribution < 1.29 is 9.59 Å². The summed E-state index contributed by atoms with van der Waals surface area (Å²) in [6, 6.07) is 3.51. The Bertz CT molecular complexity index is 590. The molecule has 1 aromatic heterocycles. The van der Waals surface area contributed by atoms with Gasteiger partial charge in [0.25, 0.3) is 5.91 Å². The van der Waals surface area contributed by atoms with Gasteiger partial charge < -0.3 is 22.1 Å². The summed E-state index contributed by atoms with van der Waals surface area (Å²) >= 11 is 0. The third-order valence-corrected chi connectivity index (χ3v) is 4.29. The fourth-order valence-corrected chi connectivity index (χ4v) is 2.37. The van der Waals surface area contributed by atoms with Crippen LogP contribution in [0.3, 0.4) is 0 Å². The molecule has 2 fully saturated rings. The quantitative estimate of drug-likeness (QED) is 0.557. The molecular weight excluding hydrogens is 282 g/mol. The zero-order valence-electron chi connectivity index (χ0n) is 12.4. The Morgan fingerprint density at radius 2 is 1.95 bits per heavy atom. The molecule has 118 valence electrons. The maximum absolute atomic E-state index is 12.1. The molecule has 2 aliphatic rings. The third-order valence-electron chi connectivity index (χ3n) is 4.29. The molecule has 2 amide bonds. The van der Waals surface area contributed by atoms with Gasteiger partial charge in [0.05, 0.1) is 22.3 Å². The van der Waals surface area contributed by atoms with Gasteiger partial charge in [-0.25, -0.2) is 0 Å². The van der Waals surface area contributed by atoms with Gasteiger partial charge in [0.15, 0.2) is 0 Å². The summed E-state index contributed by atoms with van der Waals surface area (Å²) in [4.78, 5) is 28.3. The Balaban J connectivity index is 1.67. The second kappa shape index (κ2) is 5.33. The van der Waals surface area contributed by atoms with E-state index in [1.807, 2.05) is 0 Å². The molecule has 0 aliphatic heterocycles. The van der Waals surface area contributed by atoms with E-state index in [0.717, 1.165) is 31.4 Å². The van der Waals surface area contributed by atoms with Crippen molar-refractivity contribution in [3.8, 4) is 0 Å². The number of rotatable bonds is 6. The van der Waals surface area contributed by atoms with Crippen LogP contribution in [0.15, 0.2) is 18.3 Å². The summed E-state index contributed by atoms with van der Waals surface area (Å²) in [5, 5.41) is 5.72. The highest BCUT2D eigenvalue weighted by Gasteiger charge is 2.53. The Hall–Kier alpha value is -1.99. The summed E-state index contributed by atoms with van der Waals surface area (Å²) in [5.41, 5.74) is 11.4. The highest BCUT2D eigenvalue weighted by molar-refractivity contribution is 5.94. The molecule has 0 radical (unpaired) electrons. The summed E-state index contributed by atoms with van der Waals surface area (Å²) in [7, 11) is 0. The molecule has 2 aliphatic carbocycles. The Kier molecular flexibility index (Phi) is 3.62. The SMILES string of the molecule is NCCNC(=O)c1ccc(C2(NC(=O)C3(N)CC3)CC2)nc1. The van der Waals surface area contributed by atoms with Crippen LogP contribution in [-0.2, 0) is 10.3 Å². The number of nitrogens with two attached hydrogens (primary N) is 2. The van der Waals surface area contributed by atoms with Gasteiger partial charge in [-0.3, -0.25) is 14.6 Å². The molecule has 0 spiro atoms. The smallest absolute Gasteiger partial charge is 0.252 e. The minimum absolute atomic E-state index is 0.100. The number of aromatic nitrogens is 1. The van der Waals surface area contributed by atoms with Crippen molar-refractivity contribution in [3.05, 3.63) is 29.6 Å². The summed E-state index contributed by atoms with van der Waals surface area (Å²) in [5.74, 6) is -0.297. The monoisotopic (exact) mass is 303 g/mol. The first-order valence-electron chi connectivity index (χ1n) is 7.55. The first kappa shape index (κ1) is 14.9.